The summed E-state index contributed by atoms with van der Waals surface area (Å²) in [5.41, 5.74) is 0. The predicted molar refractivity (Wildman–Crippen MR) is 232 cm³/mol. The lowest BCUT2D eigenvalue weighted by molar-refractivity contribution is 0.521. The molecular formula is C46H96P2. The van der Waals surface area contributed by atoms with Crippen LogP contribution in [0, 0.1) is 0 Å². The number of unbranched alkanes of at least 4 members (excludes halogenated alkanes) is 40. The Balaban J connectivity index is 3.04. The standard InChI is InChI=1S/C46H96P2/c1-3-5-7-9-11-13-15-17-19-21-23-25-27-29-31-33-35-37-39-41-43-45-47-48-46-44-42-40-38-36-34-32-30-28-26-24-22-20-18-16-14-12-10-8-6-4-2/h47-48H,3-46H2,1-2H3. The zero-order chi connectivity index (χ0) is 34.5. The van der Waals surface area contributed by atoms with Gasteiger partial charge in [-0.25, -0.2) is 0 Å². The lowest BCUT2D eigenvalue weighted by Crippen LogP contribution is -1.85. The SMILES string of the molecule is CCCCCCCCCCCCCCCCCCCCCCCPPCCCCCCCCCCCCCCCCCCCCCCC. The van der Waals surface area contributed by atoms with Gasteiger partial charge in [-0.3, -0.25) is 0 Å². The van der Waals surface area contributed by atoms with Crippen LogP contribution in [-0.4, -0.2) is 12.3 Å². The largest absolute Gasteiger partial charge is 0.0992 e. The van der Waals surface area contributed by atoms with Gasteiger partial charge in [0.25, 0.3) is 0 Å². The number of rotatable bonds is 45. The average molecular weight is 711 g/mol. The van der Waals surface area contributed by atoms with E-state index < -0.39 is 0 Å². The van der Waals surface area contributed by atoms with Gasteiger partial charge in [-0.1, -0.05) is 287 Å². The van der Waals surface area contributed by atoms with Gasteiger partial charge in [-0.05, 0) is 25.2 Å². The van der Waals surface area contributed by atoms with Crippen molar-refractivity contribution in [1.82, 2.24) is 0 Å². The minimum absolute atomic E-state index is 1.28. The molecule has 0 fully saturated rings. The summed E-state index contributed by atoms with van der Waals surface area (Å²) in [6.07, 6.45) is 65.6. The Morgan fingerprint density at radius 1 is 0.167 bits per heavy atom. The van der Waals surface area contributed by atoms with Crippen molar-refractivity contribution in [2.45, 2.75) is 284 Å². The average Bonchev–Trinajstić information content (AvgIpc) is 3.10. The fraction of sp³-hybridized carbons (Fsp3) is 1.00. The molecule has 290 valence electrons. The molecule has 0 aromatic heterocycles. The first kappa shape index (κ1) is 48.9. The molecule has 0 aliphatic carbocycles. The monoisotopic (exact) mass is 711 g/mol. The summed E-state index contributed by atoms with van der Waals surface area (Å²) in [6, 6.07) is 0. The maximum absolute atomic E-state index is 2.31. The summed E-state index contributed by atoms with van der Waals surface area (Å²) in [7, 11) is 2.56. The molecule has 2 atom stereocenters. The van der Waals surface area contributed by atoms with Crippen LogP contribution in [0.15, 0.2) is 0 Å². The van der Waals surface area contributed by atoms with E-state index in [0.717, 1.165) is 0 Å². The quantitative estimate of drug-likeness (QED) is 0.0436. The van der Waals surface area contributed by atoms with Gasteiger partial charge in [0.05, 0.1) is 0 Å². The fourth-order valence-electron chi connectivity index (χ4n) is 7.47. The molecule has 0 heterocycles. The van der Waals surface area contributed by atoms with Gasteiger partial charge in [0.1, 0.15) is 0 Å². The highest BCUT2D eigenvalue weighted by molar-refractivity contribution is 8.11. The minimum atomic E-state index is 1.28. The molecule has 0 N–H and O–H groups in total. The summed E-state index contributed by atoms with van der Waals surface area (Å²) in [5, 5.41) is 0. The van der Waals surface area contributed by atoms with E-state index in [1.807, 2.05) is 0 Å². The maximum Gasteiger partial charge on any atom is -0.0317 e. The van der Waals surface area contributed by atoms with Crippen molar-refractivity contribution in [3.05, 3.63) is 0 Å². The van der Waals surface area contributed by atoms with Gasteiger partial charge >= 0.3 is 0 Å². The molecule has 0 aromatic rings. The third-order valence-corrected chi connectivity index (χ3v) is 14.6. The van der Waals surface area contributed by atoms with E-state index >= 15 is 0 Å². The van der Waals surface area contributed by atoms with Crippen LogP contribution in [0.5, 0.6) is 0 Å². The Kier molecular flexibility index (Phi) is 48.7. The first-order valence-electron chi connectivity index (χ1n) is 23.4. The number of hydrogen-bond acceptors (Lipinski definition) is 0. The normalized spacial score (nSPS) is 12.1. The smallest absolute Gasteiger partial charge is 0.0317 e. The van der Waals surface area contributed by atoms with Gasteiger partial charge in [-0.15, -0.1) is 0 Å². The van der Waals surface area contributed by atoms with Crippen LogP contribution >= 0.6 is 16.5 Å². The minimum Gasteiger partial charge on any atom is -0.0992 e. The maximum atomic E-state index is 2.31. The first-order valence-corrected chi connectivity index (χ1v) is 26.8. The molecule has 0 amide bonds. The summed E-state index contributed by atoms with van der Waals surface area (Å²) >= 11 is 0. The molecule has 0 bridgehead atoms. The van der Waals surface area contributed by atoms with Crippen LogP contribution in [0.3, 0.4) is 0 Å². The number of hydrogen-bond donors (Lipinski definition) is 0. The van der Waals surface area contributed by atoms with Crippen LogP contribution < -0.4 is 0 Å². The Morgan fingerprint density at radius 2 is 0.292 bits per heavy atom. The topological polar surface area (TPSA) is 0 Å². The second-order valence-electron chi connectivity index (χ2n) is 16.0. The van der Waals surface area contributed by atoms with Gasteiger partial charge in [0.2, 0.25) is 0 Å². The second kappa shape index (κ2) is 47.9. The van der Waals surface area contributed by atoms with Crippen molar-refractivity contribution in [2.75, 3.05) is 12.3 Å². The zero-order valence-electron chi connectivity index (χ0n) is 34.1. The van der Waals surface area contributed by atoms with Crippen molar-refractivity contribution in [3.63, 3.8) is 0 Å². The van der Waals surface area contributed by atoms with Crippen molar-refractivity contribution < 1.29 is 0 Å². The molecule has 2 unspecified atom stereocenters. The van der Waals surface area contributed by atoms with Crippen LogP contribution in [0.2, 0.25) is 0 Å². The van der Waals surface area contributed by atoms with E-state index in [1.165, 1.54) is 299 Å². The van der Waals surface area contributed by atoms with Gasteiger partial charge in [0.15, 0.2) is 0 Å². The predicted octanol–water partition coefficient (Wildman–Crippen LogP) is 18.7. The lowest BCUT2D eigenvalue weighted by atomic mass is 10.0. The van der Waals surface area contributed by atoms with Crippen LogP contribution in [0.25, 0.3) is 0 Å². The Morgan fingerprint density at radius 3 is 0.438 bits per heavy atom. The molecular weight excluding hydrogens is 614 g/mol. The van der Waals surface area contributed by atoms with E-state index in [9.17, 15) is 0 Å². The Labute approximate surface area is 311 Å². The summed E-state index contributed by atoms with van der Waals surface area (Å²) in [5.74, 6) is 0. The van der Waals surface area contributed by atoms with E-state index in [4.69, 9.17) is 0 Å². The van der Waals surface area contributed by atoms with Crippen molar-refractivity contribution >= 4 is 16.5 Å². The molecule has 0 aliphatic rings. The highest BCUT2D eigenvalue weighted by Crippen LogP contribution is 2.38. The Bertz CT molecular complexity index is 474. The van der Waals surface area contributed by atoms with Gasteiger partial charge < -0.3 is 0 Å². The third kappa shape index (κ3) is 46.9. The highest BCUT2D eigenvalue weighted by atomic mass is 32.0. The Hall–Kier alpha value is 0.860. The molecule has 0 spiro atoms. The van der Waals surface area contributed by atoms with Gasteiger partial charge in [-0.2, -0.15) is 0 Å². The molecule has 48 heavy (non-hydrogen) atoms. The third-order valence-electron chi connectivity index (χ3n) is 10.9. The highest BCUT2D eigenvalue weighted by Gasteiger charge is 1.98. The van der Waals surface area contributed by atoms with Crippen LogP contribution in [0.1, 0.15) is 284 Å². The lowest BCUT2D eigenvalue weighted by Gasteiger charge is -2.05. The van der Waals surface area contributed by atoms with Gasteiger partial charge in [0, 0.05) is 0 Å². The summed E-state index contributed by atoms with van der Waals surface area (Å²) < 4.78 is 0. The molecule has 0 saturated heterocycles. The van der Waals surface area contributed by atoms with Crippen molar-refractivity contribution in [2.24, 2.45) is 0 Å². The summed E-state index contributed by atoms with van der Waals surface area (Å²) in [4.78, 5) is 0. The first-order chi connectivity index (χ1) is 23.9. The van der Waals surface area contributed by atoms with Crippen molar-refractivity contribution in [3.8, 4) is 0 Å². The molecule has 0 saturated carbocycles. The fourth-order valence-corrected chi connectivity index (χ4v) is 10.8. The zero-order valence-corrected chi connectivity index (χ0v) is 36.1. The van der Waals surface area contributed by atoms with Crippen molar-refractivity contribution in [1.29, 1.82) is 0 Å². The molecule has 0 aliphatic heterocycles. The molecule has 0 rings (SSSR count). The van der Waals surface area contributed by atoms with E-state index in [1.54, 1.807) is 0 Å². The van der Waals surface area contributed by atoms with E-state index in [-0.39, 0.29) is 0 Å². The van der Waals surface area contributed by atoms with E-state index in [2.05, 4.69) is 13.8 Å². The molecule has 0 aromatic carbocycles. The molecule has 0 radical (unpaired) electrons. The molecule has 2 heteroatoms. The second-order valence-corrected chi connectivity index (χ2v) is 19.8. The van der Waals surface area contributed by atoms with E-state index in [0.29, 0.717) is 0 Å². The van der Waals surface area contributed by atoms with Crippen LogP contribution in [-0.2, 0) is 0 Å². The van der Waals surface area contributed by atoms with Crippen LogP contribution in [0.4, 0.5) is 0 Å². The summed E-state index contributed by atoms with van der Waals surface area (Å²) in [6.45, 7) is 4.62. The molecule has 0 nitrogen and oxygen atoms in total.